The van der Waals surface area contributed by atoms with Crippen LogP contribution in [0, 0.1) is 16.7 Å². The molecule has 2 rings (SSSR count). The van der Waals surface area contributed by atoms with E-state index in [-0.39, 0.29) is 11.5 Å². The summed E-state index contributed by atoms with van der Waals surface area (Å²) in [5.74, 6) is -0.370. The van der Waals surface area contributed by atoms with Gasteiger partial charge in [-0.25, -0.2) is 0 Å². The number of aromatic nitrogens is 1. The first-order valence-electron chi connectivity index (χ1n) is 5.79. The van der Waals surface area contributed by atoms with Crippen molar-refractivity contribution in [3.63, 3.8) is 0 Å². The minimum atomic E-state index is -0.370. The van der Waals surface area contributed by atoms with Crippen LogP contribution in [0.5, 0.6) is 0 Å². The van der Waals surface area contributed by atoms with Crippen LogP contribution in [0.15, 0.2) is 53.9 Å². The topological polar surface area (TPSA) is 111 Å². The van der Waals surface area contributed by atoms with Crippen molar-refractivity contribution in [1.82, 2.24) is 4.98 Å². The molecule has 6 nitrogen and oxygen atoms in total. The molecule has 4 N–H and O–H groups in total. The smallest absolute Gasteiger partial charge is 0.201 e. The highest BCUT2D eigenvalue weighted by Crippen LogP contribution is 2.21. The number of anilines is 1. The molecular weight excluding hydrogens is 252 g/mol. The quantitative estimate of drug-likeness (QED) is 0.445. The summed E-state index contributed by atoms with van der Waals surface area (Å²) in [6.45, 7) is 0. The van der Waals surface area contributed by atoms with E-state index in [4.69, 9.17) is 16.4 Å². The molecule has 1 aromatic heterocycles. The zero-order chi connectivity index (χ0) is 14.4. The molecule has 20 heavy (non-hydrogen) atoms. The van der Waals surface area contributed by atoms with Gasteiger partial charge in [-0.05, 0) is 35.4 Å². The molecule has 0 spiro atoms. The molecule has 0 bridgehead atoms. The van der Waals surface area contributed by atoms with Crippen molar-refractivity contribution in [3.8, 4) is 17.2 Å². The molecule has 0 radical (unpaired) electrons. The van der Waals surface area contributed by atoms with Crippen LogP contribution in [-0.4, -0.2) is 16.5 Å². The summed E-state index contributed by atoms with van der Waals surface area (Å²) in [4.78, 5) is 3.97. The maximum absolute atomic E-state index is 8.76. The van der Waals surface area contributed by atoms with Crippen LogP contribution < -0.4 is 11.2 Å². The highest BCUT2D eigenvalue weighted by Gasteiger charge is 2.02. The van der Waals surface area contributed by atoms with Crippen LogP contribution in [0.2, 0.25) is 0 Å². The first-order valence-corrected chi connectivity index (χ1v) is 5.79. The van der Waals surface area contributed by atoms with Gasteiger partial charge in [0.2, 0.25) is 5.71 Å². The number of nitriles is 1. The summed E-state index contributed by atoms with van der Waals surface area (Å²) in [6.07, 6.45) is 3.44. The minimum Gasteiger partial charge on any atom is -0.382 e. The molecule has 98 valence electrons. The third-order valence-corrected chi connectivity index (χ3v) is 2.53. The molecule has 0 aliphatic heterocycles. The molecule has 0 aliphatic rings. The maximum Gasteiger partial charge on any atom is 0.201 e. The van der Waals surface area contributed by atoms with Gasteiger partial charge in [-0.3, -0.25) is 15.8 Å². The standard InChI is InChI=1S/C14H12N6/c15-9-13(14(16)17)20-19-12-3-1-2-11(8-12)10-4-6-18-7-5-10/h1-8,19H,(H3,16,17)/b20-13+. The van der Waals surface area contributed by atoms with Gasteiger partial charge in [-0.1, -0.05) is 12.1 Å². The Kier molecular flexibility index (Phi) is 4.04. The zero-order valence-corrected chi connectivity index (χ0v) is 10.5. The fourth-order valence-electron chi connectivity index (χ4n) is 1.58. The molecule has 0 aliphatic carbocycles. The Balaban J connectivity index is 2.24. The van der Waals surface area contributed by atoms with Gasteiger partial charge >= 0.3 is 0 Å². The molecule has 1 aromatic carbocycles. The largest absolute Gasteiger partial charge is 0.382 e. The normalized spacial score (nSPS) is 10.7. The molecule has 0 saturated heterocycles. The average Bonchev–Trinajstić information content (AvgIpc) is 2.49. The van der Waals surface area contributed by atoms with Gasteiger partial charge in [0.1, 0.15) is 6.07 Å². The highest BCUT2D eigenvalue weighted by molar-refractivity contribution is 6.45. The lowest BCUT2D eigenvalue weighted by atomic mass is 10.1. The average molecular weight is 264 g/mol. The summed E-state index contributed by atoms with van der Waals surface area (Å²) in [5.41, 5.74) is 10.5. The fourth-order valence-corrected chi connectivity index (χ4v) is 1.58. The van der Waals surface area contributed by atoms with Crippen molar-refractivity contribution in [3.05, 3.63) is 48.8 Å². The lowest BCUT2D eigenvalue weighted by Crippen LogP contribution is -2.21. The first kappa shape index (κ1) is 13.2. The Morgan fingerprint density at radius 1 is 1.25 bits per heavy atom. The van der Waals surface area contributed by atoms with Crippen molar-refractivity contribution in [2.45, 2.75) is 0 Å². The number of benzene rings is 1. The molecule has 6 heteroatoms. The molecule has 1 heterocycles. The number of hydrogen-bond acceptors (Lipinski definition) is 5. The summed E-state index contributed by atoms with van der Waals surface area (Å²) >= 11 is 0. The van der Waals surface area contributed by atoms with Gasteiger partial charge in [0.15, 0.2) is 5.84 Å². The zero-order valence-electron chi connectivity index (χ0n) is 10.5. The second-order valence-corrected chi connectivity index (χ2v) is 3.91. The molecular formula is C14H12N6. The fraction of sp³-hybridized carbons (Fsp3) is 0. The van der Waals surface area contributed by atoms with Crippen LogP contribution in [0.4, 0.5) is 5.69 Å². The Labute approximate surface area is 116 Å². The van der Waals surface area contributed by atoms with Gasteiger partial charge in [0.05, 0.1) is 5.69 Å². The number of nitrogens with two attached hydrogens (primary N) is 1. The van der Waals surface area contributed by atoms with Crippen LogP contribution >= 0.6 is 0 Å². The van der Waals surface area contributed by atoms with E-state index in [0.29, 0.717) is 5.69 Å². The first-order chi connectivity index (χ1) is 9.70. The lowest BCUT2D eigenvalue weighted by Gasteiger charge is -2.05. The van der Waals surface area contributed by atoms with Gasteiger partial charge in [0, 0.05) is 12.4 Å². The van der Waals surface area contributed by atoms with E-state index in [2.05, 4.69) is 15.5 Å². The Bertz CT molecular complexity index is 684. The molecule has 0 unspecified atom stereocenters. The monoisotopic (exact) mass is 264 g/mol. The van der Waals surface area contributed by atoms with Crippen LogP contribution in [0.3, 0.4) is 0 Å². The third kappa shape index (κ3) is 3.17. The van der Waals surface area contributed by atoms with Crippen LogP contribution in [0.1, 0.15) is 0 Å². The summed E-state index contributed by atoms with van der Waals surface area (Å²) in [6, 6.07) is 13.1. The maximum atomic E-state index is 8.76. The highest BCUT2D eigenvalue weighted by atomic mass is 15.3. The third-order valence-electron chi connectivity index (χ3n) is 2.53. The van der Waals surface area contributed by atoms with E-state index in [1.807, 2.05) is 36.4 Å². The van der Waals surface area contributed by atoms with Crippen molar-refractivity contribution < 1.29 is 0 Å². The predicted molar refractivity (Wildman–Crippen MR) is 78.3 cm³/mol. The summed E-state index contributed by atoms with van der Waals surface area (Å²) in [5, 5.41) is 19.7. The number of pyridine rings is 1. The SMILES string of the molecule is N#C/C(=N\Nc1cccc(-c2ccncc2)c1)C(=N)N. The number of hydrogen-bond donors (Lipinski definition) is 3. The van der Waals surface area contributed by atoms with Crippen molar-refractivity contribution in [2.24, 2.45) is 10.8 Å². The predicted octanol–water partition coefficient (Wildman–Crippen LogP) is 1.98. The van der Waals surface area contributed by atoms with E-state index in [0.717, 1.165) is 11.1 Å². The van der Waals surface area contributed by atoms with Gasteiger partial charge in [-0.2, -0.15) is 10.4 Å². The van der Waals surface area contributed by atoms with E-state index < -0.39 is 0 Å². The van der Waals surface area contributed by atoms with Gasteiger partial charge < -0.3 is 5.73 Å². The summed E-state index contributed by atoms with van der Waals surface area (Å²) in [7, 11) is 0. The van der Waals surface area contributed by atoms with Crippen LogP contribution in [0.25, 0.3) is 11.1 Å². The number of nitrogens with zero attached hydrogens (tertiary/aromatic N) is 3. The van der Waals surface area contributed by atoms with E-state index in [1.165, 1.54) is 0 Å². The second-order valence-electron chi connectivity index (χ2n) is 3.91. The molecule has 0 atom stereocenters. The number of hydrazone groups is 1. The van der Waals surface area contributed by atoms with E-state index in [9.17, 15) is 0 Å². The Morgan fingerprint density at radius 3 is 2.65 bits per heavy atom. The van der Waals surface area contributed by atoms with Crippen molar-refractivity contribution in [2.75, 3.05) is 5.43 Å². The number of rotatable bonds is 4. The number of nitrogens with one attached hydrogen (secondary N) is 2. The van der Waals surface area contributed by atoms with E-state index in [1.54, 1.807) is 18.5 Å². The summed E-state index contributed by atoms with van der Waals surface area (Å²) < 4.78 is 0. The Hall–Kier alpha value is -3.20. The molecule has 2 aromatic rings. The molecule has 0 amide bonds. The van der Waals surface area contributed by atoms with Crippen LogP contribution in [-0.2, 0) is 0 Å². The minimum absolute atomic E-state index is 0.153. The lowest BCUT2D eigenvalue weighted by molar-refractivity contribution is 1.32. The Morgan fingerprint density at radius 2 is 2.00 bits per heavy atom. The molecule has 0 fully saturated rings. The van der Waals surface area contributed by atoms with Crippen molar-refractivity contribution >= 4 is 17.2 Å². The van der Waals surface area contributed by atoms with Gasteiger partial charge in [0.25, 0.3) is 0 Å². The van der Waals surface area contributed by atoms with Gasteiger partial charge in [-0.15, -0.1) is 0 Å². The second kappa shape index (κ2) is 6.11. The molecule has 0 saturated carbocycles. The number of amidine groups is 1. The van der Waals surface area contributed by atoms with E-state index >= 15 is 0 Å². The van der Waals surface area contributed by atoms with Crippen molar-refractivity contribution in [1.29, 1.82) is 10.7 Å².